The first-order chi connectivity index (χ1) is 24.4. The second-order valence-corrected chi connectivity index (χ2v) is 14.7. The maximum absolute atomic E-state index is 14.9. The Balaban J connectivity index is 1.28. The minimum Gasteiger partial charge on any atom is -0.375 e. The summed E-state index contributed by atoms with van der Waals surface area (Å²) in [6.45, 7) is 7.50. The van der Waals surface area contributed by atoms with Crippen molar-refractivity contribution < 1.29 is 23.3 Å². The molecule has 4 atom stereocenters. The third kappa shape index (κ3) is 10.6. The lowest BCUT2D eigenvalue weighted by molar-refractivity contribution is -0.212. The van der Waals surface area contributed by atoms with E-state index in [2.05, 4.69) is 89.8 Å². The average Bonchev–Trinajstić information content (AvgIpc) is 3.15. The highest BCUT2D eigenvalue weighted by atomic mass is 19.1. The van der Waals surface area contributed by atoms with Crippen molar-refractivity contribution in [2.45, 2.75) is 96.0 Å². The number of likely N-dealkylation sites (tertiary alicyclic amines) is 1. The van der Waals surface area contributed by atoms with Gasteiger partial charge in [-0.1, -0.05) is 121 Å². The number of alkyl halides is 1. The average molecular weight is 680 g/mol. The SMILES string of the molecule is CC(C)(F)C1CCC(CN2CC(OCc3ccccc3)C(OCc3ccccc3)C(OCc3ccccc3)C2COCc2ccccc2)CC1. The largest absolute Gasteiger partial charge is 0.375 e. The molecular formula is C44H54FNO4. The molecule has 4 aromatic carbocycles. The van der Waals surface area contributed by atoms with Crippen LogP contribution in [0.4, 0.5) is 4.39 Å². The predicted molar refractivity (Wildman–Crippen MR) is 197 cm³/mol. The molecule has 1 aliphatic carbocycles. The number of hydrogen-bond acceptors (Lipinski definition) is 5. The van der Waals surface area contributed by atoms with E-state index in [9.17, 15) is 4.39 Å². The first-order valence-electron chi connectivity index (χ1n) is 18.4. The van der Waals surface area contributed by atoms with Crippen LogP contribution >= 0.6 is 0 Å². The molecule has 6 heteroatoms. The number of benzene rings is 4. The summed E-state index contributed by atoms with van der Waals surface area (Å²) < 4.78 is 42.1. The van der Waals surface area contributed by atoms with Gasteiger partial charge in [0.2, 0.25) is 0 Å². The molecule has 0 N–H and O–H groups in total. The predicted octanol–water partition coefficient (Wildman–Crippen LogP) is 9.20. The van der Waals surface area contributed by atoms with E-state index < -0.39 is 5.67 Å². The molecule has 0 spiro atoms. The topological polar surface area (TPSA) is 40.2 Å². The maximum Gasteiger partial charge on any atom is 0.113 e. The molecule has 6 rings (SSSR count). The van der Waals surface area contributed by atoms with E-state index in [-0.39, 0.29) is 30.3 Å². The second kappa shape index (κ2) is 18.2. The third-order valence-corrected chi connectivity index (χ3v) is 10.5. The monoisotopic (exact) mass is 679 g/mol. The zero-order chi connectivity index (χ0) is 34.6. The van der Waals surface area contributed by atoms with Crippen molar-refractivity contribution in [2.75, 3.05) is 19.7 Å². The minimum absolute atomic E-state index is 0.0601. The maximum atomic E-state index is 14.9. The van der Waals surface area contributed by atoms with Crippen LogP contribution in [-0.4, -0.2) is 54.6 Å². The van der Waals surface area contributed by atoms with Crippen LogP contribution in [0.25, 0.3) is 0 Å². The first kappa shape index (κ1) is 36.4. The molecule has 1 saturated heterocycles. The van der Waals surface area contributed by atoms with Crippen molar-refractivity contribution in [3.63, 3.8) is 0 Å². The molecule has 5 nitrogen and oxygen atoms in total. The summed E-state index contributed by atoms with van der Waals surface area (Å²) in [7, 11) is 0. The molecular weight excluding hydrogens is 625 g/mol. The number of piperidine rings is 1. The summed E-state index contributed by atoms with van der Waals surface area (Å²) in [5.41, 5.74) is 3.36. The fourth-order valence-electron chi connectivity index (χ4n) is 7.62. The van der Waals surface area contributed by atoms with Gasteiger partial charge in [0.05, 0.1) is 45.2 Å². The molecule has 0 radical (unpaired) electrons. The lowest BCUT2D eigenvalue weighted by Crippen LogP contribution is -2.65. The number of halogens is 1. The van der Waals surface area contributed by atoms with Crippen LogP contribution in [-0.2, 0) is 45.4 Å². The van der Waals surface area contributed by atoms with Gasteiger partial charge in [-0.2, -0.15) is 0 Å². The number of nitrogens with zero attached hydrogens (tertiary/aromatic N) is 1. The molecule has 4 aromatic rings. The molecule has 2 aliphatic rings. The van der Waals surface area contributed by atoms with E-state index >= 15 is 0 Å². The third-order valence-electron chi connectivity index (χ3n) is 10.5. The van der Waals surface area contributed by atoms with Crippen LogP contribution < -0.4 is 0 Å². The highest BCUT2D eigenvalue weighted by Gasteiger charge is 2.47. The Morgan fingerprint density at radius 2 is 1.02 bits per heavy atom. The minimum atomic E-state index is -1.14. The Bertz CT molecular complexity index is 1510. The molecule has 2 fully saturated rings. The molecule has 50 heavy (non-hydrogen) atoms. The van der Waals surface area contributed by atoms with Crippen LogP contribution in [0.1, 0.15) is 61.8 Å². The molecule has 1 saturated carbocycles. The summed E-state index contributed by atoms with van der Waals surface area (Å²) >= 11 is 0. The lowest BCUT2D eigenvalue weighted by Gasteiger charge is -2.49. The summed E-state index contributed by atoms with van der Waals surface area (Å²) in [6.07, 6.45) is 3.00. The Labute approximate surface area is 298 Å². The van der Waals surface area contributed by atoms with E-state index in [0.717, 1.165) is 54.5 Å². The second-order valence-electron chi connectivity index (χ2n) is 14.7. The van der Waals surface area contributed by atoms with Gasteiger partial charge in [0.1, 0.15) is 17.9 Å². The fourth-order valence-corrected chi connectivity index (χ4v) is 7.62. The Kier molecular flexibility index (Phi) is 13.3. The van der Waals surface area contributed by atoms with Gasteiger partial charge in [-0.05, 0) is 73.6 Å². The van der Waals surface area contributed by atoms with Crippen LogP contribution in [0.2, 0.25) is 0 Å². The van der Waals surface area contributed by atoms with Crippen molar-refractivity contribution in [1.29, 1.82) is 0 Å². The van der Waals surface area contributed by atoms with Gasteiger partial charge in [0.15, 0.2) is 0 Å². The van der Waals surface area contributed by atoms with E-state index in [1.165, 1.54) is 0 Å². The van der Waals surface area contributed by atoms with E-state index in [1.54, 1.807) is 13.8 Å². The van der Waals surface area contributed by atoms with E-state index in [0.29, 0.717) is 45.5 Å². The smallest absolute Gasteiger partial charge is 0.113 e. The molecule has 4 unspecified atom stereocenters. The van der Waals surface area contributed by atoms with E-state index in [1.807, 2.05) is 36.4 Å². The molecule has 0 bridgehead atoms. The molecule has 266 valence electrons. The Hall–Kier alpha value is -3.39. The number of ether oxygens (including phenoxy) is 4. The zero-order valence-electron chi connectivity index (χ0n) is 29.7. The molecule has 1 aliphatic heterocycles. The van der Waals surface area contributed by atoms with Gasteiger partial charge in [-0.3, -0.25) is 4.90 Å². The van der Waals surface area contributed by atoms with Crippen LogP contribution in [0.5, 0.6) is 0 Å². The highest BCUT2D eigenvalue weighted by molar-refractivity contribution is 5.16. The van der Waals surface area contributed by atoms with Crippen LogP contribution in [0, 0.1) is 11.8 Å². The summed E-state index contributed by atoms with van der Waals surface area (Å²) in [6, 6.07) is 41.3. The van der Waals surface area contributed by atoms with Gasteiger partial charge in [0, 0.05) is 13.1 Å². The summed E-state index contributed by atoms with van der Waals surface area (Å²) in [5, 5.41) is 0. The van der Waals surface area contributed by atoms with Gasteiger partial charge >= 0.3 is 0 Å². The Morgan fingerprint density at radius 3 is 1.50 bits per heavy atom. The van der Waals surface area contributed by atoms with Crippen LogP contribution in [0.15, 0.2) is 121 Å². The summed E-state index contributed by atoms with van der Waals surface area (Å²) in [5.74, 6) is 0.585. The quantitative estimate of drug-likeness (QED) is 0.118. The standard InChI is InChI=1S/C44H54FNO4/c1-44(2,45)39-25-23-34(24-26-39)27-46-28-41(48-30-36-17-9-4-10-18-36)43(50-32-38-21-13-6-14-22-38)42(49-31-37-19-11-5-12-20-37)40(46)33-47-29-35-15-7-3-8-16-35/h3-22,34,39-43H,23-33H2,1-2H3. The molecule has 0 aromatic heterocycles. The van der Waals surface area contributed by atoms with Crippen molar-refractivity contribution in [3.8, 4) is 0 Å². The normalized spacial score (nSPS) is 24.6. The fraction of sp³-hybridized carbons (Fsp3) is 0.455. The van der Waals surface area contributed by atoms with Gasteiger partial charge in [-0.25, -0.2) is 4.39 Å². The highest BCUT2D eigenvalue weighted by Crippen LogP contribution is 2.39. The summed E-state index contributed by atoms with van der Waals surface area (Å²) in [4.78, 5) is 2.55. The van der Waals surface area contributed by atoms with Crippen molar-refractivity contribution in [1.82, 2.24) is 4.90 Å². The number of rotatable bonds is 16. The number of hydrogen-bond donors (Lipinski definition) is 0. The van der Waals surface area contributed by atoms with Crippen molar-refractivity contribution >= 4 is 0 Å². The van der Waals surface area contributed by atoms with Crippen molar-refractivity contribution in [2.24, 2.45) is 11.8 Å². The first-order valence-corrected chi connectivity index (χ1v) is 18.4. The van der Waals surface area contributed by atoms with Gasteiger partial charge in [0.25, 0.3) is 0 Å². The van der Waals surface area contributed by atoms with E-state index in [4.69, 9.17) is 18.9 Å². The molecule has 1 heterocycles. The van der Waals surface area contributed by atoms with Crippen molar-refractivity contribution in [3.05, 3.63) is 144 Å². The van der Waals surface area contributed by atoms with Crippen LogP contribution in [0.3, 0.4) is 0 Å². The zero-order valence-corrected chi connectivity index (χ0v) is 29.7. The van der Waals surface area contributed by atoms with Gasteiger partial charge < -0.3 is 18.9 Å². The van der Waals surface area contributed by atoms with Gasteiger partial charge in [-0.15, -0.1) is 0 Å². The lowest BCUT2D eigenvalue weighted by atomic mass is 9.75. The molecule has 0 amide bonds. The Morgan fingerprint density at radius 1 is 0.580 bits per heavy atom.